The third-order valence-corrected chi connectivity index (χ3v) is 3.73. The number of nitrogens with one attached hydrogen (secondary N) is 1. The zero-order chi connectivity index (χ0) is 15.9. The molecule has 0 saturated heterocycles. The maximum atomic E-state index is 12.5. The smallest absolute Gasteiger partial charge is 0.330 e. The lowest BCUT2D eigenvalue weighted by Gasteiger charge is -2.32. The minimum absolute atomic E-state index is 0.242. The minimum Gasteiger partial charge on any atom is -0.464 e. The first kappa shape index (κ1) is 18.0. The number of hydrogen-bond donors (Lipinski definition) is 1. The summed E-state index contributed by atoms with van der Waals surface area (Å²) in [6, 6.07) is 7.36. The van der Waals surface area contributed by atoms with E-state index in [0.717, 1.165) is 12.1 Å². The molecule has 0 radical (unpaired) electrons. The molecule has 4 nitrogen and oxygen atoms in total. The molecule has 1 N–H and O–H groups in total. The van der Waals surface area contributed by atoms with E-state index in [1.165, 1.54) is 0 Å². The van der Waals surface area contributed by atoms with Gasteiger partial charge in [-0.05, 0) is 45.1 Å². The number of nitrogens with zero attached hydrogens (tertiary/aromatic N) is 1. The Kier molecular flexibility index (Phi) is 7.15. The third-order valence-electron chi connectivity index (χ3n) is 3.48. The van der Waals surface area contributed by atoms with Crippen LogP contribution < -0.4 is 5.32 Å². The van der Waals surface area contributed by atoms with E-state index in [4.69, 9.17) is 16.3 Å². The first-order valence-electron chi connectivity index (χ1n) is 7.29. The summed E-state index contributed by atoms with van der Waals surface area (Å²) >= 11 is 5.95. The summed E-state index contributed by atoms with van der Waals surface area (Å²) in [5.74, 6) is -0.242. The zero-order valence-corrected chi connectivity index (χ0v) is 14.0. The van der Waals surface area contributed by atoms with Gasteiger partial charge < -0.3 is 9.64 Å². The van der Waals surface area contributed by atoms with Gasteiger partial charge in [0.1, 0.15) is 5.54 Å². The van der Waals surface area contributed by atoms with Crippen molar-refractivity contribution in [3.8, 4) is 0 Å². The molecule has 0 bridgehead atoms. The van der Waals surface area contributed by atoms with Crippen LogP contribution in [0.5, 0.6) is 0 Å². The highest BCUT2D eigenvalue weighted by Gasteiger charge is 2.39. The highest BCUT2D eigenvalue weighted by Crippen LogP contribution is 2.28. The van der Waals surface area contributed by atoms with Crippen molar-refractivity contribution < 1.29 is 9.53 Å². The Morgan fingerprint density at radius 3 is 2.38 bits per heavy atom. The summed E-state index contributed by atoms with van der Waals surface area (Å²) in [5, 5.41) is 4.03. The highest BCUT2D eigenvalue weighted by molar-refractivity contribution is 6.30. The first-order valence-corrected chi connectivity index (χ1v) is 7.67. The fourth-order valence-electron chi connectivity index (χ4n) is 2.25. The molecule has 1 atom stereocenters. The number of benzene rings is 1. The molecule has 5 heteroatoms. The van der Waals surface area contributed by atoms with Crippen molar-refractivity contribution in [3.05, 3.63) is 34.9 Å². The van der Waals surface area contributed by atoms with Gasteiger partial charge in [0.2, 0.25) is 0 Å². The molecule has 0 saturated carbocycles. The lowest BCUT2D eigenvalue weighted by atomic mass is 9.87. The molecule has 0 spiro atoms. The van der Waals surface area contributed by atoms with Crippen molar-refractivity contribution in [2.75, 3.05) is 33.8 Å². The Morgan fingerprint density at radius 2 is 1.90 bits per heavy atom. The summed E-state index contributed by atoms with van der Waals surface area (Å²) in [6.45, 7) is 5.70. The molecule has 1 rings (SSSR count). The van der Waals surface area contributed by atoms with Crippen molar-refractivity contribution in [3.63, 3.8) is 0 Å². The van der Waals surface area contributed by atoms with E-state index >= 15 is 0 Å². The van der Waals surface area contributed by atoms with Gasteiger partial charge in [-0.25, -0.2) is 4.79 Å². The van der Waals surface area contributed by atoms with Crippen LogP contribution in [-0.2, 0) is 15.1 Å². The summed E-state index contributed by atoms with van der Waals surface area (Å²) in [5.41, 5.74) is 0.0583. The summed E-state index contributed by atoms with van der Waals surface area (Å²) in [4.78, 5) is 14.6. The number of hydrogen-bond acceptors (Lipinski definition) is 4. The molecule has 0 aromatic heterocycles. The van der Waals surface area contributed by atoms with Crippen molar-refractivity contribution in [2.24, 2.45) is 0 Å². The maximum Gasteiger partial charge on any atom is 0.330 e. The van der Waals surface area contributed by atoms with Crippen LogP contribution in [0.2, 0.25) is 5.02 Å². The van der Waals surface area contributed by atoms with Crippen molar-refractivity contribution in [1.82, 2.24) is 10.2 Å². The predicted octanol–water partition coefficient (Wildman–Crippen LogP) is 2.66. The van der Waals surface area contributed by atoms with E-state index in [-0.39, 0.29) is 5.97 Å². The van der Waals surface area contributed by atoms with Crippen molar-refractivity contribution in [1.29, 1.82) is 0 Å². The molecular formula is C16H25ClN2O2. The SMILES string of the molecule is CCOC(=O)C(CC)(NCCN(C)C)c1ccc(Cl)cc1. The topological polar surface area (TPSA) is 41.6 Å². The van der Waals surface area contributed by atoms with Gasteiger partial charge in [0.15, 0.2) is 0 Å². The Labute approximate surface area is 132 Å². The average Bonchev–Trinajstić information content (AvgIpc) is 2.45. The van der Waals surface area contributed by atoms with Gasteiger partial charge in [-0.3, -0.25) is 5.32 Å². The quantitative estimate of drug-likeness (QED) is 0.749. The second kappa shape index (κ2) is 8.37. The van der Waals surface area contributed by atoms with E-state index in [9.17, 15) is 4.79 Å². The molecule has 0 aliphatic carbocycles. The molecule has 0 aliphatic rings. The molecule has 118 valence electrons. The summed E-state index contributed by atoms with van der Waals surface area (Å²) < 4.78 is 5.29. The van der Waals surface area contributed by atoms with Gasteiger partial charge in [-0.2, -0.15) is 0 Å². The Bertz CT molecular complexity index is 448. The van der Waals surface area contributed by atoms with Crippen LogP contribution in [0.3, 0.4) is 0 Å². The first-order chi connectivity index (χ1) is 9.96. The highest BCUT2D eigenvalue weighted by atomic mass is 35.5. The van der Waals surface area contributed by atoms with E-state index in [2.05, 4.69) is 10.2 Å². The molecule has 1 unspecified atom stereocenters. The fraction of sp³-hybridized carbons (Fsp3) is 0.562. The van der Waals surface area contributed by atoms with Crippen molar-refractivity contribution in [2.45, 2.75) is 25.8 Å². The van der Waals surface area contributed by atoms with Gasteiger partial charge in [-0.15, -0.1) is 0 Å². The molecule has 1 aromatic carbocycles. The lowest BCUT2D eigenvalue weighted by molar-refractivity contribution is -0.152. The van der Waals surface area contributed by atoms with Gasteiger partial charge >= 0.3 is 5.97 Å². The van der Waals surface area contributed by atoms with Gasteiger partial charge in [0.05, 0.1) is 6.61 Å². The van der Waals surface area contributed by atoms with E-state index in [1.807, 2.05) is 40.1 Å². The monoisotopic (exact) mass is 312 g/mol. The lowest BCUT2D eigenvalue weighted by Crippen LogP contribution is -2.51. The van der Waals surface area contributed by atoms with Crippen LogP contribution in [0.15, 0.2) is 24.3 Å². The second-order valence-electron chi connectivity index (χ2n) is 5.22. The van der Waals surface area contributed by atoms with Gasteiger partial charge in [-0.1, -0.05) is 30.7 Å². The predicted molar refractivity (Wildman–Crippen MR) is 86.6 cm³/mol. The zero-order valence-electron chi connectivity index (χ0n) is 13.3. The number of likely N-dealkylation sites (N-methyl/N-ethyl adjacent to an activating group) is 1. The number of rotatable bonds is 8. The Morgan fingerprint density at radius 1 is 1.29 bits per heavy atom. The molecule has 0 heterocycles. The van der Waals surface area contributed by atoms with Gasteiger partial charge in [0, 0.05) is 18.1 Å². The number of carbonyl (C=O) groups excluding carboxylic acids is 1. The van der Waals surface area contributed by atoms with E-state index in [1.54, 1.807) is 12.1 Å². The average molecular weight is 313 g/mol. The summed E-state index contributed by atoms with van der Waals surface area (Å²) in [7, 11) is 4.00. The van der Waals surface area contributed by atoms with Gasteiger partial charge in [0.25, 0.3) is 0 Å². The molecule has 0 aliphatic heterocycles. The Hall–Kier alpha value is -1.10. The van der Waals surface area contributed by atoms with Crippen LogP contribution in [0.4, 0.5) is 0 Å². The largest absolute Gasteiger partial charge is 0.464 e. The molecule has 21 heavy (non-hydrogen) atoms. The molecule has 0 fully saturated rings. The minimum atomic E-state index is -0.823. The van der Waals surface area contributed by atoms with Crippen LogP contribution in [0, 0.1) is 0 Å². The van der Waals surface area contributed by atoms with Crippen LogP contribution >= 0.6 is 11.6 Å². The number of ether oxygens (including phenoxy) is 1. The van der Waals surface area contributed by atoms with Crippen molar-refractivity contribution >= 4 is 17.6 Å². The van der Waals surface area contributed by atoms with Crippen LogP contribution in [0.25, 0.3) is 0 Å². The fourth-order valence-corrected chi connectivity index (χ4v) is 2.37. The standard InChI is InChI=1S/C16H25ClN2O2/c1-5-16(15(20)21-6-2,18-11-12-19(3)4)13-7-9-14(17)10-8-13/h7-10,18H,5-6,11-12H2,1-4H3. The third kappa shape index (κ3) is 4.70. The molecule has 0 amide bonds. The van der Waals surface area contributed by atoms with E-state index in [0.29, 0.717) is 24.6 Å². The van der Waals surface area contributed by atoms with E-state index < -0.39 is 5.54 Å². The molecule has 1 aromatic rings. The second-order valence-corrected chi connectivity index (χ2v) is 5.65. The Balaban J connectivity index is 3.06. The van der Waals surface area contributed by atoms with Crippen LogP contribution in [-0.4, -0.2) is 44.7 Å². The summed E-state index contributed by atoms with van der Waals surface area (Å²) in [6.07, 6.45) is 0.612. The van der Waals surface area contributed by atoms with Crippen LogP contribution in [0.1, 0.15) is 25.8 Å². The number of esters is 1. The number of halogens is 1. The molecular weight excluding hydrogens is 288 g/mol. The number of carbonyl (C=O) groups is 1. The maximum absolute atomic E-state index is 12.5. The normalized spacial score (nSPS) is 14.0.